The molecule has 0 spiro atoms. The minimum absolute atomic E-state index is 0.0359. The quantitative estimate of drug-likeness (QED) is 0.689. The van der Waals surface area contributed by atoms with Crippen molar-refractivity contribution in [3.05, 3.63) is 36.2 Å². The van der Waals surface area contributed by atoms with Crippen LogP contribution in [0.1, 0.15) is 23.3 Å². The first-order chi connectivity index (χ1) is 12.7. The van der Waals surface area contributed by atoms with Crippen LogP contribution < -0.4 is 9.64 Å². The van der Waals surface area contributed by atoms with E-state index in [0.29, 0.717) is 17.4 Å². The summed E-state index contributed by atoms with van der Waals surface area (Å²) >= 11 is 1.48. The van der Waals surface area contributed by atoms with E-state index in [-0.39, 0.29) is 12.0 Å². The number of hydrogen-bond acceptors (Lipinski definition) is 6. The Morgan fingerprint density at radius 3 is 3.04 bits per heavy atom. The largest absolute Gasteiger partial charge is 0.497 e. The van der Waals surface area contributed by atoms with Gasteiger partial charge in [-0.15, -0.1) is 0 Å². The summed E-state index contributed by atoms with van der Waals surface area (Å²) in [6.45, 7) is 1.23. The van der Waals surface area contributed by atoms with Gasteiger partial charge in [0, 0.05) is 19.9 Å². The van der Waals surface area contributed by atoms with Crippen molar-refractivity contribution >= 4 is 32.6 Å². The molecule has 3 heterocycles. The van der Waals surface area contributed by atoms with Gasteiger partial charge < -0.3 is 9.47 Å². The third kappa shape index (κ3) is 3.17. The predicted molar refractivity (Wildman–Crippen MR) is 100 cm³/mol. The van der Waals surface area contributed by atoms with Crippen molar-refractivity contribution in [2.24, 2.45) is 7.05 Å². The standard InChI is InChI=1S/C18H20N4O3S/c1-21-15(7-8-19-21)17(23)22(11-13-4-3-9-25-13)18-20-14-6-5-12(24-2)10-16(14)26-18/h5-8,10,13H,3-4,9,11H2,1-2H3. The summed E-state index contributed by atoms with van der Waals surface area (Å²) in [5, 5.41) is 4.78. The molecular weight excluding hydrogens is 352 g/mol. The number of thiazole rings is 1. The van der Waals surface area contributed by atoms with Crippen LogP contribution in [0.4, 0.5) is 5.13 Å². The van der Waals surface area contributed by atoms with E-state index in [0.717, 1.165) is 35.4 Å². The molecule has 1 fully saturated rings. The number of anilines is 1. The van der Waals surface area contributed by atoms with Crippen LogP contribution in [0.3, 0.4) is 0 Å². The average molecular weight is 372 g/mol. The molecule has 4 rings (SSSR count). The highest BCUT2D eigenvalue weighted by Gasteiger charge is 2.28. The molecule has 0 saturated carbocycles. The monoisotopic (exact) mass is 372 g/mol. The molecule has 136 valence electrons. The van der Waals surface area contributed by atoms with E-state index in [9.17, 15) is 4.79 Å². The molecule has 2 aromatic heterocycles. The number of aryl methyl sites for hydroxylation is 1. The number of rotatable bonds is 5. The number of ether oxygens (including phenoxy) is 2. The third-order valence-electron chi connectivity index (χ3n) is 4.51. The maximum atomic E-state index is 13.2. The highest BCUT2D eigenvalue weighted by atomic mass is 32.1. The van der Waals surface area contributed by atoms with Gasteiger partial charge >= 0.3 is 0 Å². The number of hydrogen-bond donors (Lipinski definition) is 0. The van der Waals surface area contributed by atoms with Gasteiger partial charge in [-0.05, 0) is 37.1 Å². The second-order valence-electron chi connectivity index (χ2n) is 6.22. The van der Waals surface area contributed by atoms with Crippen LogP contribution in [0, 0.1) is 0 Å². The topological polar surface area (TPSA) is 69.5 Å². The summed E-state index contributed by atoms with van der Waals surface area (Å²) in [5.74, 6) is 0.655. The second kappa shape index (κ2) is 7.05. The number of methoxy groups -OCH3 is 1. The van der Waals surface area contributed by atoms with E-state index < -0.39 is 0 Å². The lowest BCUT2D eigenvalue weighted by atomic mass is 10.2. The van der Waals surface area contributed by atoms with Gasteiger partial charge in [-0.1, -0.05) is 11.3 Å². The van der Waals surface area contributed by atoms with E-state index >= 15 is 0 Å². The summed E-state index contributed by atoms with van der Waals surface area (Å²) in [6, 6.07) is 7.45. The number of nitrogens with zero attached hydrogens (tertiary/aromatic N) is 4. The molecule has 0 aliphatic carbocycles. The van der Waals surface area contributed by atoms with Crippen molar-refractivity contribution in [1.82, 2.24) is 14.8 Å². The summed E-state index contributed by atoms with van der Waals surface area (Å²) < 4.78 is 13.6. The van der Waals surface area contributed by atoms with Crippen LogP contribution in [-0.2, 0) is 11.8 Å². The Hall–Kier alpha value is -2.45. The molecule has 1 atom stereocenters. The summed E-state index contributed by atoms with van der Waals surface area (Å²) in [7, 11) is 3.40. The first-order valence-corrected chi connectivity index (χ1v) is 9.33. The number of carbonyl (C=O) groups excluding carboxylic acids is 1. The van der Waals surface area contributed by atoms with E-state index in [1.807, 2.05) is 18.2 Å². The Kier molecular flexibility index (Phi) is 4.60. The Balaban J connectivity index is 1.71. The van der Waals surface area contributed by atoms with E-state index in [4.69, 9.17) is 9.47 Å². The second-order valence-corrected chi connectivity index (χ2v) is 7.23. The number of carbonyl (C=O) groups is 1. The van der Waals surface area contributed by atoms with E-state index in [1.165, 1.54) is 11.3 Å². The zero-order valence-electron chi connectivity index (χ0n) is 14.7. The fraction of sp³-hybridized carbons (Fsp3) is 0.389. The Labute approximate surface area is 155 Å². The molecule has 3 aromatic rings. The van der Waals surface area contributed by atoms with Crippen LogP contribution >= 0.6 is 11.3 Å². The van der Waals surface area contributed by atoms with Crippen molar-refractivity contribution in [2.75, 3.05) is 25.2 Å². The molecule has 1 amide bonds. The molecule has 1 saturated heterocycles. The minimum Gasteiger partial charge on any atom is -0.497 e. The molecule has 1 unspecified atom stereocenters. The predicted octanol–water partition coefficient (Wildman–Crippen LogP) is 2.86. The van der Waals surface area contributed by atoms with Crippen LogP contribution in [0.15, 0.2) is 30.5 Å². The van der Waals surface area contributed by atoms with Crippen molar-refractivity contribution in [3.63, 3.8) is 0 Å². The van der Waals surface area contributed by atoms with Gasteiger partial charge in [0.25, 0.3) is 5.91 Å². The SMILES string of the molecule is COc1ccc2nc(N(CC3CCCO3)C(=O)c3ccnn3C)sc2c1. The lowest BCUT2D eigenvalue weighted by Gasteiger charge is -2.22. The lowest BCUT2D eigenvalue weighted by Crippen LogP contribution is -2.38. The molecule has 1 aromatic carbocycles. The van der Waals surface area contributed by atoms with Gasteiger partial charge in [-0.2, -0.15) is 5.10 Å². The van der Waals surface area contributed by atoms with Crippen molar-refractivity contribution in [3.8, 4) is 5.75 Å². The zero-order valence-corrected chi connectivity index (χ0v) is 15.5. The van der Waals surface area contributed by atoms with Gasteiger partial charge in [-0.25, -0.2) is 4.98 Å². The lowest BCUT2D eigenvalue weighted by molar-refractivity contribution is 0.0909. The number of aromatic nitrogens is 3. The Morgan fingerprint density at radius 2 is 2.35 bits per heavy atom. The number of fused-ring (bicyclic) bond motifs is 1. The third-order valence-corrected chi connectivity index (χ3v) is 5.55. The van der Waals surface area contributed by atoms with Gasteiger partial charge in [0.1, 0.15) is 11.4 Å². The molecule has 0 bridgehead atoms. The minimum atomic E-state index is -0.119. The molecule has 7 nitrogen and oxygen atoms in total. The van der Waals surface area contributed by atoms with Crippen LogP contribution in [0.2, 0.25) is 0 Å². The van der Waals surface area contributed by atoms with Gasteiger partial charge in [-0.3, -0.25) is 14.4 Å². The van der Waals surface area contributed by atoms with Crippen molar-refractivity contribution < 1.29 is 14.3 Å². The molecule has 26 heavy (non-hydrogen) atoms. The Bertz CT molecular complexity index is 930. The van der Waals surface area contributed by atoms with Gasteiger partial charge in [0.05, 0.1) is 30.0 Å². The molecular formula is C18H20N4O3S. The highest BCUT2D eigenvalue weighted by Crippen LogP contribution is 2.33. The summed E-state index contributed by atoms with van der Waals surface area (Å²) in [4.78, 5) is 19.6. The van der Waals surface area contributed by atoms with Gasteiger partial charge in [0.15, 0.2) is 5.13 Å². The fourth-order valence-corrected chi connectivity index (χ4v) is 4.10. The number of amides is 1. The van der Waals surface area contributed by atoms with E-state index in [1.54, 1.807) is 36.0 Å². The summed E-state index contributed by atoms with van der Waals surface area (Å²) in [6.07, 6.45) is 3.64. The smallest absolute Gasteiger partial charge is 0.278 e. The number of benzene rings is 1. The van der Waals surface area contributed by atoms with Crippen molar-refractivity contribution in [1.29, 1.82) is 0 Å². The average Bonchev–Trinajstić information content (AvgIpc) is 3.38. The Morgan fingerprint density at radius 1 is 1.46 bits per heavy atom. The molecule has 0 N–H and O–H groups in total. The molecule has 8 heteroatoms. The zero-order chi connectivity index (χ0) is 18.1. The maximum Gasteiger partial charge on any atom is 0.278 e. The first kappa shape index (κ1) is 17.0. The molecule has 1 aliphatic heterocycles. The first-order valence-electron chi connectivity index (χ1n) is 8.52. The van der Waals surface area contributed by atoms with Crippen LogP contribution in [0.5, 0.6) is 5.75 Å². The van der Waals surface area contributed by atoms with Crippen molar-refractivity contribution in [2.45, 2.75) is 18.9 Å². The van der Waals surface area contributed by atoms with Gasteiger partial charge in [0.2, 0.25) is 0 Å². The highest BCUT2D eigenvalue weighted by molar-refractivity contribution is 7.22. The fourth-order valence-electron chi connectivity index (χ4n) is 3.10. The normalized spacial score (nSPS) is 16.9. The molecule has 0 radical (unpaired) electrons. The summed E-state index contributed by atoms with van der Waals surface area (Å²) in [5.41, 5.74) is 1.38. The maximum absolute atomic E-state index is 13.2. The molecule has 1 aliphatic rings. The van der Waals surface area contributed by atoms with Crippen LogP contribution in [-0.4, -0.2) is 47.0 Å². The van der Waals surface area contributed by atoms with Crippen LogP contribution in [0.25, 0.3) is 10.2 Å². The van der Waals surface area contributed by atoms with E-state index in [2.05, 4.69) is 10.1 Å².